The summed E-state index contributed by atoms with van der Waals surface area (Å²) < 4.78 is 5.42. The number of aromatic amines is 1. The van der Waals surface area contributed by atoms with Gasteiger partial charge in [0.05, 0.1) is 18.9 Å². The van der Waals surface area contributed by atoms with Crippen LogP contribution in [0.25, 0.3) is 21.8 Å². The number of carbonyl (C=O) groups is 2. The average molecular weight is 466 g/mol. The number of rotatable bonds is 6. The van der Waals surface area contributed by atoms with Gasteiger partial charge >= 0.3 is 0 Å². The number of aromatic nitrogens is 2. The van der Waals surface area contributed by atoms with Gasteiger partial charge in [0.2, 0.25) is 5.91 Å². The van der Waals surface area contributed by atoms with Gasteiger partial charge in [0.25, 0.3) is 5.91 Å². The number of amides is 2. The molecule has 172 valence electrons. The molecule has 0 spiro atoms. The third-order valence-electron chi connectivity index (χ3n) is 6.24. The molecular weight excluding hydrogens is 438 g/mol. The Hall–Kier alpha value is -3.01. The van der Waals surface area contributed by atoms with E-state index in [4.69, 9.17) is 15.5 Å². The predicted octanol–water partition coefficient (Wildman–Crippen LogP) is 2.90. The first-order valence-corrected chi connectivity index (χ1v) is 12.1. The Morgan fingerprint density at radius 3 is 2.64 bits per heavy atom. The molecule has 9 heteroatoms. The number of primary amides is 1. The van der Waals surface area contributed by atoms with Crippen molar-refractivity contribution in [3.8, 4) is 21.8 Å². The molecule has 0 bridgehead atoms. The Morgan fingerprint density at radius 1 is 1.09 bits per heavy atom. The van der Waals surface area contributed by atoms with Crippen molar-refractivity contribution < 1.29 is 14.3 Å². The molecule has 1 atom stereocenters. The molecular formula is C24H27N5O3S. The van der Waals surface area contributed by atoms with Crippen molar-refractivity contribution in [2.24, 2.45) is 5.73 Å². The molecule has 0 saturated carbocycles. The molecule has 2 aliphatic heterocycles. The molecule has 4 heterocycles. The maximum atomic E-state index is 12.6. The van der Waals surface area contributed by atoms with Crippen molar-refractivity contribution in [3.05, 3.63) is 53.2 Å². The van der Waals surface area contributed by atoms with Gasteiger partial charge in [-0.25, -0.2) is 4.98 Å². The topological polar surface area (TPSA) is 105 Å². The van der Waals surface area contributed by atoms with Crippen LogP contribution in [0.3, 0.4) is 0 Å². The quantitative estimate of drug-likeness (QED) is 0.583. The highest BCUT2D eigenvalue weighted by atomic mass is 32.1. The number of hydrogen-bond acceptors (Lipinski definition) is 6. The molecule has 2 aliphatic rings. The monoisotopic (exact) mass is 465 g/mol. The number of hydrogen-bond donors (Lipinski definition) is 2. The fraction of sp³-hybridized carbons (Fsp3) is 0.375. The van der Waals surface area contributed by atoms with Crippen LogP contribution in [-0.4, -0.2) is 71.0 Å². The second kappa shape index (κ2) is 9.46. The summed E-state index contributed by atoms with van der Waals surface area (Å²) in [5.41, 5.74) is 9.87. The molecule has 2 amide bonds. The zero-order chi connectivity index (χ0) is 22.8. The van der Waals surface area contributed by atoms with E-state index in [1.54, 1.807) is 0 Å². The van der Waals surface area contributed by atoms with Gasteiger partial charge in [0, 0.05) is 48.9 Å². The van der Waals surface area contributed by atoms with Crippen molar-refractivity contribution >= 4 is 23.2 Å². The van der Waals surface area contributed by atoms with Crippen LogP contribution in [0.4, 0.5) is 0 Å². The third-order valence-corrected chi connectivity index (χ3v) is 7.13. The molecule has 8 nitrogen and oxygen atoms in total. The zero-order valence-electron chi connectivity index (χ0n) is 18.3. The highest BCUT2D eigenvalue weighted by Gasteiger charge is 2.27. The minimum Gasteiger partial charge on any atom is -0.379 e. The maximum Gasteiger partial charge on any atom is 0.270 e. The van der Waals surface area contributed by atoms with Crippen LogP contribution in [0.1, 0.15) is 34.9 Å². The number of morpholine rings is 1. The van der Waals surface area contributed by atoms with Gasteiger partial charge in [-0.05, 0) is 30.5 Å². The van der Waals surface area contributed by atoms with E-state index >= 15 is 0 Å². The van der Waals surface area contributed by atoms with Gasteiger partial charge in [-0.1, -0.05) is 18.2 Å². The van der Waals surface area contributed by atoms with Gasteiger partial charge in [0.1, 0.15) is 16.7 Å². The number of nitrogens with two attached hydrogens (primary N) is 1. The van der Waals surface area contributed by atoms with Crippen LogP contribution in [0.2, 0.25) is 0 Å². The lowest BCUT2D eigenvalue weighted by atomic mass is 10.0. The van der Waals surface area contributed by atoms with Crippen LogP contribution in [0.5, 0.6) is 0 Å². The molecule has 2 aromatic heterocycles. The molecule has 5 rings (SSSR count). The fourth-order valence-corrected chi connectivity index (χ4v) is 5.35. The van der Waals surface area contributed by atoms with E-state index in [9.17, 15) is 9.59 Å². The molecule has 33 heavy (non-hydrogen) atoms. The van der Waals surface area contributed by atoms with Gasteiger partial charge in [-0.15, -0.1) is 11.3 Å². The van der Waals surface area contributed by atoms with E-state index in [0.717, 1.165) is 53.3 Å². The number of thiazole rings is 1. The molecule has 2 saturated heterocycles. The van der Waals surface area contributed by atoms with E-state index in [-0.39, 0.29) is 11.8 Å². The SMILES string of the molecule is NC(=O)C(c1cccc(-c2nc(-c3c[nH]c(C(=O)N4CCCC4)c3)cs2)c1)N1CCOCC1. The summed E-state index contributed by atoms with van der Waals surface area (Å²) in [6.45, 7) is 4.18. The van der Waals surface area contributed by atoms with Crippen LogP contribution >= 0.6 is 11.3 Å². The lowest BCUT2D eigenvalue weighted by molar-refractivity contribution is -0.125. The average Bonchev–Trinajstić information content (AvgIpc) is 3.61. The lowest BCUT2D eigenvalue weighted by Crippen LogP contribution is -2.44. The van der Waals surface area contributed by atoms with Crippen molar-refractivity contribution in [3.63, 3.8) is 0 Å². The summed E-state index contributed by atoms with van der Waals surface area (Å²) in [6, 6.07) is 9.24. The minimum absolute atomic E-state index is 0.0440. The van der Waals surface area contributed by atoms with Gasteiger partial charge in [-0.2, -0.15) is 0 Å². The van der Waals surface area contributed by atoms with Crippen LogP contribution in [0, 0.1) is 0 Å². The largest absolute Gasteiger partial charge is 0.379 e. The number of carbonyl (C=O) groups excluding carboxylic acids is 2. The standard InChI is InChI=1S/C24H27N5O3S/c25-22(30)21(28-8-10-32-11-9-28)16-4-3-5-17(12-16)23-27-20(15-33-23)18-13-19(26-14-18)24(31)29-6-1-2-7-29/h3-5,12-15,21,26H,1-2,6-11H2,(H2,25,30). The highest BCUT2D eigenvalue weighted by molar-refractivity contribution is 7.13. The summed E-state index contributed by atoms with van der Waals surface area (Å²) in [7, 11) is 0. The van der Waals surface area contributed by atoms with Crippen molar-refractivity contribution in [1.29, 1.82) is 0 Å². The van der Waals surface area contributed by atoms with Crippen molar-refractivity contribution in [2.75, 3.05) is 39.4 Å². The first-order valence-electron chi connectivity index (χ1n) is 11.3. The molecule has 3 aromatic rings. The Bertz CT molecular complexity index is 1140. The van der Waals surface area contributed by atoms with Crippen LogP contribution < -0.4 is 5.73 Å². The zero-order valence-corrected chi connectivity index (χ0v) is 19.1. The summed E-state index contributed by atoms with van der Waals surface area (Å²) in [6.07, 6.45) is 3.96. The van der Waals surface area contributed by atoms with Gasteiger partial charge < -0.3 is 20.4 Å². The number of nitrogens with one attached hydrogen (secondary N) is 1. The minimum atomic E-state index is -0.489. The van der Waals surface area contributed by atoms with E-state index < -0.39 is 6.04 Å². The van der Waals surface area contributed by atoms with Crippen molar-refractivity contribution in [2.45, 2.75) is 18.9 Å². The van der Waals surface area contributed by atoms with Crippen molar-refractivity contribution in [1.82, 2.24) is 19.8 Å². The third kappa shape index (κ3) is 4.57. The predicted molar refractivity (Wildman–Crippen MR) is 127 cm³/mol. The van der Waals surface area contributed by atoms with E-state index in [1.165, 1.54) is 11.3 Å². The molecule has 1 aromatic carbocycles. The number of likely N-dealkylation sites (tertiary alicyclic amines) is 1. The molecule has 0 aliphatic carbocycles. The molecule has 1 unspecified atom stereocenters. The Kier molecular flexibility index (Phi) is 6.26. The normalized spacial score (nSPS) is 17.9. The van der Waals surface area contributed by atoms with Gasteiger partial charge in [-0.3, -0.25) is 14.5 Å². The number of nitrogens with zero attached hydrogens (tertiary/aromatic N) is 3. The Labute approximate surface area is 196 Å². The Morgan fingerprint density at radius 2 is 1.88 bits per heavy atom. The second-order valence-corrected chi connectivity index (χ2v) is 9.28. The molecule has 0 radical (unpaired) electrons. The first kappa shape index (κ1) is 21.8. The van der Waals surface area contributed by atoms with Crippen LogP contribution in [0.15, 0.2) is 41.9 Å². The Balaban J connectivity index is 1.37. The summed E-state index contributed by atoms with van der Waals surface area (Å²) >= 11 is 1.53. The summed E-state index contributed by atoms with van der Waals surface area (Å²) in [5.74, 6) is -0.320. The number of ether oxygens (including phenoxy) is 1. The maximum absolute atomic E-state index is 12.6. The smallest absolute Gasteiger partial charge is 0.270 e. The van der Waals surface area contributed by atoms with Gasteiger partial charge in [0.15, 0.2) is 0 Å². The molecule has 3 N–H and O–H groups in total. The van der Waals surface area contributed by atoms with E-state index in [0.29, 0.717) is 32.0 Å². The van der Waals surface area contributed by atoms with E-state index in [2.05, 4.69) is 9.88 Å². The summed E-state index contributed by atoms with van der Waals surface area (Å²) in [5, 5.41) is 2.84. The fourth-order valence-electron chi connectivity index (χ4n) is 4.53. The number of benzene rings is 1. The first-order chi connectivity index (χ1) is 16.1. The summed E-state index contributed by atoms with van der Waals surface area (Å²) in [4.78, 5) is 36.8. The van der Waals surface area contributed by atoms with E-state index in [1.807, 2.05) is 46.8 Å². The highest BCUT2D eigenvalue weighted by Crippen LogP contribution is 2.32. The molecule has 2 fully saturated rings. The lowest BCUT2D eigenvalue weighted by Gasteiger charge is -2.32. The van der Waals surface area contributed by atoms with Crippen LogP contribution in [-0.2, 0) is 9.53 Å². The second-order valence-electron chi connectivity index (χ2n) is 8.42. The number of H-pyrrole nitrogens is 1.